The van der Waals surface area contributed by atoms with Crippen LogP contribution in [-0.2, 0) is 4.74 Å². The summed E-state index contributed by atoms with van der Waals surface area (Å²) >= 11 is 0. The van der Waals surface area contributed by atoms with E-state index in [-0.39, 0.29) is 18.1 Å². The first-order valence-electron chi connectivity index (χ1n) is 6.83. The maximum Gasteiger partial charge on any atom is 0.256 e. The first kappa shape index (κ1) is 12.6. The Morgan fingerprint density at radius 1 is 1.42 bits per heavy atom. The molecule has 0 unspecified atom stereocenters. The van der Waals surface area contributed by atoms with Gasteiger partial charge in [0.2, 0.25) is 0 Å². The average molecular weight is 261 g/mol. The molecule has 1 aliphatic carbocycles. The van der Waals surface area contributed by atoms with Gasteiger partial charge >= 0.3 is 0 Å². The molecule has 1 saturated carbocycles. The number of ether oxygens (including phenoxy) is 1. The second-order valence-corrected chi connectivity index (χ2v) is 5.54. The lowest BCUT2D eigenvalue weighted by Crippen LogP contribution is -2.49. The molecule has 0 aromatic heterocycles. The van der Waals surface area contributed by atoms with Gasteiger partial charge in [0.1, 0.15) is 5.72 Å². The monoisotopic (exact) mass is 261 g/mol. The van der Waals surface area contributed by atoms with E-state index in [0.717, 1.165) is 6.42 Å². The van der Waals surface area contributed by atoms with Crippen LogP contribution in [0.4, 0.5) is 0 Å². The van der Waals surface area contributed by atoms with Gasteiger partial charge in [-0.05, 0) is 31.9 Å². The number of benzene rings is 1. The summed E-state index contributed by atoms with van der Waals surface area (Å²) in [5, 5.41) is 9.79. The van der Waals surface area contributed by atoms with Gasteiger partial charge in [-0.25, -0.2) is 0 Å². The van der Waals surface area contributed by atoms with Crippen LogP contribution in [0, 0.1) is 0 Å². The summed E-state index contributed by atoms with van der Waals surface area (Å²) in [6, 6.07) is 9.34. The molecule has 1 aromatic carbocycles. The number of carbonyl (C=O) groups is 1. The van der Waals surface area contributed by atoms with Crippen molar-refractivity contribution in [3.8, 4) is 0 Å². The lowest BCUT2D eigenvalue weighted by Gasteiger charge is -2.35. The van der Waals surface area contributed by atoms with Crippen LogP contribution in [0.5, 0.6) is 0 Å². The fourth-order valence-electron chi connectivity index (χ4n) is 3.24. The van der Waals surface area contributed by atoms with E-state index in [2.05, 4.69) is 0 Å². The van der Waals surface area contributed by atoms with Crippen LogP contribution in [0.1, 0.15) is 36.5 Å². The minimum absolute atomic E-state index is 0.000278. The van der Waals surface area contributed by atoms with E-state index in [9.17, 15) is 9.90 Å². The van der Waals surface area contributed by atoms with E-state index in [1.54, 1.807) is 0 Å². The molecule has 3 atom stereocenters. The largest absolute Gasteiger partial charge is 0.393 e. The number of amides is 1. The van der Waals surface area contributed by atoms with Crippen LogP contribution in [0.25, 0.3) is 0 Å². The number of aliphatic hydroxyl groups is 1. The van der Waals surface area contributed by atoms with Gasteiger partial charge in [-0.2, -0.15) is 0 Å². The van der Waals surface area contributed by atoms with Crippen LogP contribution in [0.2, 0.25) is 0 Å². The van der Waals surface area contributed by atoms with Gasteiger partial charge in [-0.1, -0.05) is 18.2 Å². The van der Waals surface area contributed by atoms with Gasteiger partial charge in [0.15, 0.2) is 0 Å². The Morgan fingerprint density at radius 3 is 2.79 bits per heavy atom. The first-order chi connectivity index (χ1) is 9.12. The van der Waals surface area contributed by atoms with Crippen LogP contribution >= 0.6 is 0 Å². The van der Waals surface area contributed by atoms with E-state index >= 15 is 0 Å². The zero-order valence-electron chi connectivity index (χ0n) is 11.1. The maximum atomic E-state index is 12.7. The van der Waals surface area contributed by atoms with E-state index < -0.39 is 5.72 Å². The number of hydrogen-bond acceptors (Lipinski definition) is 3. The smallest absolute Gasteiger partial charge is 0.256 e. The van der Waals surface area contributed by atoms with Crippen LogP contribution in [0.3, 0.4) is 0 Å². The molecule has 1 spiro atoms. The normalized spacial score (nSPS) is 34.1. The lowest BCUT2D eigenvalue weighted by atomic mass is 10.1. The zero-order chi connectivity index (χ0) is 13.5. The second-order valence-electron chi connectivity index (χ2n) is 5.54. The fraction of sp³-hybridized carbons (Fsp3) is 0.533. The van der Waals surface area contributed by atoms with E-state index in [1.165, 1.54) is 0 Å². The van der Waals surface area contributed by atoms with Crippen molar-refractivity contribution in [2.75, 3.05) is 6.61 Å². The average Bonchev–Trinajstić information content (AvgIpc) is 2.94. The third-order valence-corrected chi connectivity index (χ3v) is 4.14. The number of aliphatic hydroxyl groups excluding tert-OH is 1. The Hall–Kier alpha value is -1.39. The Kier molecular flexibility index (Phi) is 3.07. The Bertz CT molecular complexity index is 472. The summed E-state index contributed by atoms with van der Waals surface area (Å²) in [4.78, 5) is 14.5. The van der Waals surface area contributed by atoms with Crippen molar-refractivity contribution < 1.29 is 14.6 Å². The van der Waals surface area contributed by atoms with Crippen molar-refractivity contribution in [3.05, 3.63) is 35.9 Å². The highest BCUT2D eigenvalue weighted by atomic mass is 16.5. The SMILES string of the molecule is C[C@@H]1CO[C@]2(CC[C@@H](O)C2)N1C(=O)c1ccccc1. The highest BCUT2D eigenvalue weighted by Gasteiger charge is 2.52. The maximum absolute atomic E-state index is 12.7. The van der Waals surface area contributed by atoms with Crippen LogP contribution < -0.4 is 0 Å². The summed E-state index contributed by atoms with van der Waals surface area (Å²) in [5.41, 5.74) is 0.0896. The molecule has 0 radical (unpaired) electrons. The highest BCUT2D eigenvalue weighted by Crippen LogP contribution is 2.42. The van der Waals surface area contributed by atoms with Crippen molar-refractivity contribution in [2.45, 2.75) is 44.1 Å². The zero-order valence-corrected chi connectivity index (χ0v) is 11.1. The van der Waals surface area contributed by atoms with Crippen LogP contribution in [-0.4, -0.2) is 40.4 Å². The molecule has 1 saturated heterocycles. The lowest BCUT2D eigenvalue weighted by molar-refractivity contribution is -0.0705. The van der Waals surface area contributed by atoms with Gasteiger partial charge in [0.05, 0.1) is 18.8 Å². The van der Waals surface area contributed by atoms with Gasteiger partial charge < -0.3 is 14.7 Å². The molecule has 1 heterocycles. The second kappa shape index (κ2) is 4.62. The van der Waals surface area contributed by atoms with E-state index in [4.69, 9.17) is 4.74 Å². The quantitative estimate of drug-likeness (QED) is 0.838. The molecule has 19 heavy (non-hydrogen) atoms. The number of rotatable bonds is 1. The summed E-state index contributed by atoms with van der Waals surface area (Å²) in [6.07, 6.45) is 1.58. The minimum Gasteiger partial charge on any atom is -0.393 e. The topological polar surface area (TPSA) is 49.8 Å². The Labute approximate surface area is 113 Å². The predicted octanol–water partition coefficient (Wildman–Crippen LogP) is 1.79. The molecule has 1 aromatic rings. The molecule has 0 bridgehead atoms. The summed E-state index contributed by atoms with van der Waals surface area (Å²) in [7, 11) is 0. The van der Waals surface area contributed by atoms with Gasteiger partial charge in [0.25, 0.3) is 5.91 Å². The Morgan fingerprint density at radius 2 is 2.16 bits per heavy atom. The molecule has 4 heteroatoms. The van der Waals surface area contributed by atoms with Gasteiger partial charge in [-0.3, -0.25) is 4.79 Å². The summed E-state index contributed by atoms with van der Waals surface area (Å²) in [5.74, 6) is -0.000278. The van der Waals surface area contributed by atoms with Crippen LogP contribution in [0.15, 0.2) is 30.3 Å². The highest BCUT2D eigenvalue weighted by molar-refractivity contribution is 5.95. The number of carbonyl (C=O) groups excluding carboxylic acids is 1. The van der Waals surface area contributed by atoms with E-state index in [0.29, 0.717) is 25.0 Å². The van der Waals surface area contributed by atoms with Gasteiger partial charge in [0, 0.05) is 12.0 Å². The molecule has 1 aliphatic heterocycles. The molecule has 3 rings (SSSR count). The summed E-state index contributed by atoms with van der Waals surface area (Å²) < 4.78 is 5.88. The standard InChI is InChI=1S/C15H19NO3/c1-11-10-19-15(8-7-13(17)9-15)16(11)14(18)12-5-3-2-4-6-12/h2-6,11,13,17H,7-10H2,1H3/t11-,13-,15+/m1/s1. The van der Waals surface area contributed by atoms with Gasteiger partial charge in [-0.15, -0.1) is 0 Å². The first-order valence-corrected chi connectivity index (χ1v) is 6.83. The number of nitrogens with zero attached hydrogens (tertiary/aromatic N) is 1. The van der Waals surface area contributed by atoms with Crippen molar-refractivity contribution in [2.24, 2.45) is 0 Å². The van der Waals surface area contributed by atoms with Crippen molar-refractivity contribution >= 4 is 5.91 Å². The molecule has 2 aliphatic rings. The third kappa shape index (κ3) is 2.05. The molecule has 4 nitrogen and oxygen atoms in total. The number of hydrogen-bond donors (Lipinski definition) is 1. The Balaban J connectivity index is 1.91. The molecule has 102 valence electrons. The predicted molar refractivity (Wildman–Crippen MR) is 70.6 cm³/mol. The molecule has 1 N–H and O–H groups in total. The van der Waals surface area contributed by atoms with Crippen molar-refractivity contribution in [1.82, 2.24) is 4.90 Å². The molecule has 1 amide bonds. The summed E-state index contributed by atoms with van der Waals surface area (Å²) in [6.45, 7) is 2.55. The molecular weight excluding hydrogens is 242 g/mol. The molecule has 2 fully saturated rings. The molecular formula is C15H19NO3. The van der Waals surface area contributed by atoms with Crippen molar-refractivity contribution in [3.63, 3.8) is 0 Å². The third-order valence-electron chi connectivity index (χ3n) is 4.14. The van der Waals surface area contributed by atoms with Crippen molar-refractivity contribution in [1.29, 1.82) is 0 Å². The van der Waals surface area contributed by atoms with E-state index in [1.807, 2.05) is 42.2 Å². The minimum atomic E-state index is -0.592. The fourth-order valence-corrected chi connectivity index (χ4v) is 3.24.